The van der Waals surface area contributed by atoms with Gasteiger partial charge in [0, 0.05) is 18.6 Å². The van der Waals surface area contributed by atoms with E-state index in [-0.39, 0.29) is 18.1 Å². The van der Waals surface area contributed by atoms with Crippen LogP contribution in [0.3, 0.4) is 0 Å². The Morgan fingerprint density at radius 3 is 2.50 bits per heavy atom. The van der Waals surface area contributed by atoms with Crippen LogP contribution in [0.4, 0.5) is 0 Å². The second kappa shape index (κ2) is 7.96. The summed E-state index contributed by atoms with van der Waals surface area (Å²) in [5.74, 6) is -0.465. The number of carbonyl (C=O) groups excluding carboxylic acids is 1. The molecule has 0 saturated carbocycles. The van der Waals surface area contributed by atoms with Crippen molar-refractivity contribution in [3.05, 3.63) is 30.1 Å². The van der Waals surface area contributed by atoms with Gasteiger partial charge in [-0.25, -0.2) is 4.57 Å². The van der Waals surface area contributed by atoms with Crippen LogP contribution in [0.2, 0.25) is 0 Å². The summed E-state index contributed by atoms with van der Waals surface area (Å²) in [7, 11) is -3.86. The zero-order valence-corrected chi connectivity index (χ0v) is 12.3. The summed E-state index contributed by atoms with van der Waals surface area (Å²) in [6.45, 7) is 2.80. The Labute approximate surface area is 119 Å². The van der Waals surface area contributed by atoms with Crippen molar-refractivity contribution in [2.45, 2.75) is 32.7 Å². The fourth-order valence-electron chi connectivity index (χ4n) is 1.71. The van der Waals surface area contributed by atoms with Crippen LogP contribution < -0.4 is 4.57 Å². The number of pyridine rings is 1. The Morgan fingerprint density at radius 1 is 1.30 bits per heavy atom. The van der Waals surface area contributed by atoms with E-state index in [0.717, 1.165) is 5.56 Å². The topological polar surface area (TPSA) is 84.5 Å². The van der Waals surface area contributed by atoms with E-state index in [1.807, 2.05) is 29.1 Å². The van der Waals surface area contributed by atoms with Gasteiger partial charge in [0.2, 0.25) is 0 Å². The highest BCUT2D eigenvalue weighted by Crippen LogP contribution is 1.99. The number of aryl methyl sites for hydroxylation is 1. The summed E-state index contributed by atoms with van der Waals surface area (Å²) < 4.78 is 36.5. The normalized spacial score (nSPS) is 11.3. The van der Waals surface area contributed by atoms with Gasteiger partial charge in [-0.05, 0) is 18.9 Å². The lowest BCUT2D eigenvalue weighted by Gasteiger charge is -2.01. The molecule has 1 aromatic rings. The molecular weight excluding hydrogens is 282 g/mol. The third-order valence-corrected chi connectivity index (χ3v) is 3.49. The minimum Gasteiger partial charge on any atom is -0.466 e. The average Bonchev–Trinajstić information content (AvgIpc) is 2.36. The number of esters is 1. The van der Waals surface area contributed by atoms with Crippen molar-refractivity contribution < 1.29 is 27.1 Å². The van der Waals surface area contributed by atoms with Crippen LogP contribution in [0, 0.1) is 0 Å². The van der Waals surface area contributed by atoms with Gasteiger partial charge < -0.3 is 4.74 Å². The zero-order valence-electron chi connectivity index (χ0n) is 11.5. The quantitative estimate of drug-likeness (QED) is 0.331. The number of nitrogens with zero attached hydrogens (tertiary/aromatic N) is 1. The highest BCUT2D eigenvalue weighted by Gasteiger charge is 2.08. The number of carbonyl (C=O) groups is 1. The first kappa shape index (κ1) is 16.6. The smallest absolute Gasteiger partial charge is 0.310 e. The summed E-state index contributed by atoms with van der Waals surface area (Å²) in [5.41, 5.74) is 0.873. The highest BCUT2D eigenvalue weighted by atomic mass is 32.2. The van der Waals surface area contributed by atoms with E-state index in [1.165, 1.54) is 0 Å². The standard InChI is InChI=1S/C13H19NO5S/c1-2-19-13(15)11-12-5-8-14(9-6-12)7-3-4-10-20(16,17)18/h5-6,8-9H,2-4,7,10-11H2,1H3/p+1. The number of aromatic nitrogens is 1. The van der Waals surface area contributed by atoms with E-state index in [2.05, 4.69) is 0 Å². The van der Waals surface area contributed by atoms with Gasteiger partial charge in [0.15, 0.2) is 12.4 Å². The molecule has 0 bridgehead atoms. The minimum absolute atomic E-state index is 0.214. The van der Waals surface area contributed by atoms with Gasteiger partial charge in [-0.1, -0.05) is 0 Å². The van der Waals surface area contributed by atoms with Gasteiger partial charge in [-0.3, -0.25) is 9.35 Å². The van der Waals surface area contributed by atoms with Crippen LogP contribution in [0.5, 0.6) is 0 Å². The Morgan fingerprint density at radius 2 is 1.95 bits per heavy atom. The largest absolute Gasteiger partial charge is 0.466 e. The molecule has 1 rings (SSSR count). The first-order valence-electron chi connectivity index (χ1n) is 6.49. The SMILES string of the molecule is CCOC(=O)Cc1cc[n+](CCCCS(=O)(=O)O)cc1. The van der Waals surface area contributed by atoms with E-state index in [4.69, 9.17) is 9.29 Å². The zero-order chi connectivity index (χ0) is 15.0. The van der Waals surface area contributed by atoms with Crippen LogP contribution >= 0.6 is 0 Å². The summed E-state index contributed by atoms with van der Waals surface area (Å²) in [5, 5.41) is 0. The molecule has 20 heavy (non-hydrogen) atoms. The van der Waals surface area contributed by atoms with Crippen LogP contribution in [0.15, 0.2) is 24.5 Å². The molecular formula is C13H20NO5S+. The Kier molecular flexibility index (Phi) is 6.60. The lowest BCUT2D eigenvalue weighted by Crippen LogP contribution is -2.33. The van der Waals surface area contributed by atoms with Crippen molar-refractivity contribution in [2.24, 2.45) is 0 Å². The van der Waals surface area contributed by atoms with E-state index in [1.54, 1.807) is 6.92 Å². The first-order chi connectivity index (χ1) is 9.40. The molecule has 0 amide bonds. The Hall–Kier alpha value is -1.47. The third-order valence-electron chi connectivity index (χ3n) is 2.68. The highest BCUT2D eigenvalue weighted by molar-refractivity contribution is 7.85. The van der Waals surface area contributed by atoms with Crippen molar-refractivity contribution in [2.75, 3.05) is 12.4 Å². The van der Waals surface area contributed by atoms with Crippen LogP contribution in [-0.2, 0) is 32.6 Å². The third kappa shape index (κ3) is 7.20. The number of rotatable bonds is 8. The monoisotopic (exact) mass is 302 g/mol. The predicted octanol–water partition coefficient (Wildman–Crippen LogP) is 0.748. The molecule has 0 spiro atoms. The van der Waals surface area contributed by atoms with Crippen molar-refractivity contribution in [1.82, 2.24) is 0 Å². The molecule has 7 heteroatoms. The van der Waals surface area contributed by atoms with Crippen molar-refractivity contribution in [3.8, 4) is 0 Å². The molecule has 0 fully saturated rings. The minimum atomic E-state index is -3.86. The summed E-state index contributed by atoms with van der Waals surface area (Å²) in [4.78, 5) is 11.3. The van der Waals surface area contributed by atoms with Crippen molar-refractivity contribution in [1.29, 1.82) is 0 Å². The second-order valence-electron chi connectivity index (χ2n) is 4.42. The van der Waals surface area contributed by atoms with Crippen molar-refractivity contribution >= 4 is 16.1 Å². The van der Waals surface area contributed by atoms with E-state index in [0.29, 0.717) is 26.0 Å². The lowest BCUT2D eigenvalue weighted by atomic mass is 10.2. The molecule has 0 aliphatic carbocycles. The molecule has 1 N–H and O–H groups in total. The van der Waals surface area contributed by atoms with Crippen molar-refractivity contribution in [3.63, 3.8) is 0 Å². The van der Waals surface area contributed by atoms with Crippen LogP contribution in [0.25, 0.3) is 0 Å². The molecule has 1 aromatic heterocycles. The van der Waals surface area contributed by atoms with Gasteiger partial charge in [0.05, 0.1) is 18.8 Å². The number of ether oxygens (including phenoxy) is 1. The molecule has 0 aromatic carbocycles. The Bertz CT molecular complexity index is 524. The molecule has 0 atom stereocenters. The molecule has 0 aliphatic rings. The maximum atomic E-state index is 11.3. The fraction of sp³-hybridized carbons (Fsp3) is 0.538. The molecule has 0 unspecified atom stereocenters. The maximum absolute atomic E-state index is 11.3. The van der Waals surface area contributed by atoms with Crippen LogP contribution in [-0.4, -0.2) is 31.3 Å². The van der Waals surface area contributed by atoms with E-state index < -0.39 is 10.1 Å². The van der Waals surface area contributed by atoms with Gasteiger partial charge in [-0.2, -0.15) is 8.42 Å². The van der Waals surface area contributed by atoms with Gasteiger partial charge >= 0.3 is 5.97 Å². The molecule has 0 radical (unpaired) electrons. The molecule has 0 aliphatic heterocycles. The van der Waals surface area contributed by atoms with Crippen LogP contribution in [0.1, 0.15) is 25.3 Å². The van der Waals surface area contributed by atoms with Gasteiger partial charge in [-0.15, -0.1) is 0 Å². The number of hydrogen-bond acceptors (Lipinski definition) is 4. The van der Waals surface area contributed by atoms with E-state index >= 15 is 0 Å². The average molecular weight is 302 g/mol. The molecule has 1 heterocycles. The van der Waals surface area contributed by atoms with Gasteiger partial charge in [0.1, 0.15) is 6.54 Å². The molecule has 6 nitrogen and oxygen atoms in total. The molecule has 112 valence electrons. The fourth-order valence-corrected chi connectivity index (χ4v) is 2.28. The summed E-state index contributed by atoms with van der Waals surface area (Å²) in [6.07, 6.45) is 4.99. The lowest BCUT2D eigenvalue weighted by molar-refractivity contribution is -0.697. The predicted molar refractivity (Wildman–Crippen MR) is 72.6 cm³/mol. The summed E-state index contributed by atoms with van der Waals surface area (Å²) >= 11 is 0. The second-order valence-corrected chi connectivity index (χ2v) is 5.99. The first-order valence-corrected chi connectivity index (χ1v) is 8.10. The number of unbranched alkanes of at least 4 members (excludes halogenated alkanes) is 1. The molecule has 0 saturated heterocycles. The number of hydrogen-bond donors (Lipinski definition) is 1. The van der Waals surface area contributed by atoms with E-state index in [9.17, 15) is 13.2 Å². The maximum Gasteiger partial charge on any atom is 0.310 e. The summed E-state index contributed by atoms with van der Waals surface area (Å²) in [6, 6.07) is 3.67. The van der Waals surface area contributed by atoms with Gasteiger partial charge in [0.25, 0.3) is 10.1 Å². The Balaban J connectivity index is 2.37.